The average molecular weight is 378 g/mol. The molecule has 3 rings (SSSR count). The second kappa shape index (κ2) is 8.65. The van der Waals surface area contributed by atoms with Crippen LogP contribution in [0, 0.1) is 6.92 Å². The minimum Gasteiger partial charge on any atom is -0.493 e. The molecule has 1 amide bonds. The van der Waals surface area contributed by atoms with Crippen LogP contribution in [0.5, 0.6) is 11.5 Å². The number of hydrogen-bond acceptors (Lipinski definition) is 3. The molecule has 0 aliphatic carbocycles. The van der Waals surface area contributed by atoms with Crippen molar-refractivity contribution < 1.29 is 14.3 Å². The van der Waals surface area contributed by atoms with Gasteiger partial charge >= 0.3 is 0 Å². The minimum absolute atomic E-state index is 0.109. The van der Waals surface area contributed by atoms with E-state index in [0.29, 0.717) is 23.7 Å². The molecular weight excluding hydrogens is 352 g/mol. The number of aromatic nitrogens is 1. The van der Waals surface area contributed by atoms with Gasteiger partial charge in [-0.25, -0.2) is 0 Å². The highest BCUT2D eigenvalue weighted by atomic mass is 16.5. The van der Waals surface area contributed by atoms with Crippen molar-refractivity contribution in [3.05, 3.63) is 83.2 Å². The molecule has 5 nitrogen and oxygen atoms in total. The molecule has 0 radical (unpaired) electrons. The van der Waals surface area contributed by atoms with E-state index in [1.165, 1.54) is 0 Å². The van der Waals surface area contributed by atoms with Crippen molar-refractivity contribution in [3.63, 3.8) is 0 Å². The number of hydrogen-bond donors (Lipinski definition) is 1. The van der Waals surface area contributed by atoms with Crippen LogP contribution in [0.3, 0.4) is 0 Å². The third kappa shape index (κ3) is 4.19. The summed E-state index contributed by atoms with van der Waals surface area (Å²) in [7, 11) is 3.22. The van der Waals surface area contributed by atoms with Crippen LogP contribution in [-0.4, -0.2) is 24.7 Å². The first-order valence-electron chi connectivity index (χ1n) is 9.26. The van der Waals surface area contributed by atoms with Crippen LogP contribution in [0.1, 0.15) is 40.1 Å². The van der Waals surface area contributed by atoms with E-state index >= 15 is 0 Å². The molecule has 2 aromatic carbocycles. The Morgan fingerprint density at radius 2 is 1.71 bits per heavy atom. The van der Waals surface area contributed by atoms with E-state index in [1.54, 1.807) is 14.2 Å². The Hall–Kier alpha value is -3.21. The molecule has 1 N–H and O–H groups in total. The van der Waals surface area contributed by atoms with Crippen LogP contribution >= 0.6 is 0 Å². The quantitative estimate of drug-likeness (QED) is 0.665. The number of nitrogens with one attached hydrogen (secondary N) is 1. The van der Waals surface area contributed by atoms with Crippen LogP contribution < -0.4 is 14.8 Å². The fourth-order valence-electron chi connectivity index (χ4n) is 3.35. The molecule has 1 aromatic heterocycles. The summed E-state index contributed by atoms with van der Waals surface area (Å²) in [5, 5.41) is 3.10. The summed E-state index contributed by atoms with van der Waals surface area (Å²) in [6.45, 7) is 4.62. The molecule has 0 spiro atoms. The smallest absolute Gasteiger partial charge is 0.268 e. The number of aryl methyl sites for hydroxylation is 1. The molecule has 1 unspecified atom stereocenters. The second-order valence-electron chi connectivity index (χ2n) is 6.77. The molecule has 0 bridgehead atoms. The molecule has 0 aliphatic heterocycles. The Balaban J connectivity index is 1.78. The van der Waals surface area contributed by atoms with E-state index < -0.39 is 0 Å². The standard InChI is InChI=1S/C23H26N2O3/c1-16-13-21(27-3)22(28-4)14-19(16)17(2)24-23(26)20-11-8-12-25(20)15-18-9-6-5-7-10-18/h5-14,17H,15H2,1-4H3,(H,24,26). The number of ether oxygens (including phenoxy) is 2. The third-order valence-corrected chi connectivity index (χ3v) is 4.84. The Bertz CT molecular complexity index is 948. The summed E-state index contributed by atoms with van der Waals surface area (Å²) in [6.07, 6.45) is 1.92. The van der Waals surface area contributed by atoms with Gasteiger partial charge in [0.15, 0.2) is 11.5 Å². The summed E-state index contributed by atoms with van der Waals surface area (Å²) < 4.78 is 12.7. The fraction of sp³-hybridized carbons (Fsp3) is 0.261. The molecular formula is C23H26N2O3. The Kier molecular flexibility index (Phi) is 6.04. The summed E-state index contributed by atoms with van der Waals surface area (Å²) in [6, 6.07) is 17.5. The topological polar surface area (TPSA) is 52.5 Å². The lowest BCUT2D eigenvalue weighted by atomic mass is 10.0. The molecule has 0 fully saturated rings. The first-order chi connectivity index (χ1) is 13.5. The van der Waals surface area contributed by atoms with Crippen molar-refractivity contribution >= 4 is 5.91 Å². The lowest BCUT2D eigenvalue weighted by Gasteiger charge is -2.19. The van der Waals surface area contributed by atoms with E-state index in [4.69, 9.17) is 9.47 Å². The number of nitrogens with zero attached hydrogens (tertiary/aromatic N) is 1. The van der Waals surface area contributed by atoms with Gasteiger partial charge in [0.25, 0.3) is 5.91 Å². The van der Waals surface area contributed by atoms with Crippen LogP contribution in [0.4, 0.5) is 0 Å². The molecule has 0 saturated heterocycles. The Labute approximate surface area is 165 Å². The third-order valence-electron chi connectivity index (χ3n) is 4.84. The van der Waals surface area contributed by atoms with Crippen molar-refractivity contribution in [1.82, 2.24) is 9.88 Å². The largest absolute Gasteiger partial charge is 0.493 e. The fourth-order valence-corrected chi connectivity index (χ4v) is 3.35. The van der Waals surface area contributed by atoms with E-state index in [1.807, 2.05) is 67.1 Å². The van der Waals surface area contributed by atoms with E-state index in [9.17, 15) is 4.79 Å². The maximum absolute atomic E-state index is 12.9. The van der Waals surface area contributed by atoms with Gasteiger partial charge in [0.1, 0.15) is 5.69 Å². The van der Waals surface area contributed by atoms with Gasteiger partial charge in [0.2, 0.25) is 0 Å². The van der Waals surface area contributed by atoms with Gasteiger partial charge in [-0.3, -0.25) is 4.79 Å². The predicted octanol–water partition coefficient (Wildman–Crippen LogP) is 4.35. The van der Waals surface area contributed by atoms with Gasteiger partial charge in [-0.05, 0) is 54.8 Å². The molecule has 3 aromatic rings. The second-order valence-corrected chi connectivity index (χ2v) is 6.77. The van der Waals surface area contributed by atoms with Crippen LogP contribution in [0.25, 0.3) is 0 Å². The monoisotopic (exact) mass is 378 g/mol. The molecule has 0 aliphatic rings. The molecule has 1 atom stereocenters. The molecule has 146 valence electrons. The lowest BCUT2D eigenvalue weighted by Crippen LogP contribution is -2.29. The van der Waals surface area contributed by atoms with Crippen molar-refractivity contribution in [2.24, 2.45) is 0 Å². The van der Waals surface area contributed by atoms with Gasteiger partial charge in [0, 0.05) is 12.7 Å². The zero-order valence-electron chi connectivity index (χ0n) is 16.7. The molecule has 1 heterocycles. The first kappa shape index (κ1) is 19.5. The van der Waals surface area contributed by atoms with Crippen molar-refractivity contribution in [3.8, 4) is 11.5 Å². The van der Waals surface area contributed by atoms with Crippen molar-refractivity contribution in [1.29, 1.82) is 0 Å². The highest BCUT2D eigenvalue weighted by molar-refractivity contribution is 5.93. The SMILES string of the molecule is COc1cc(C)c(C(C)NC(=O)c2cccn2Cc2ccccc2)cc1OC. The Morgan fingerprint density at radius 3 is 2.39 bits per heavy atom. The molecule has 0 saturated carbocycles. The maximum Gasteiger partial charge on any atom is 0.268 e. The normalized spacial score (nSPS) is 11.7. The van der Waals surface area contributed by atoms with Crippen LogP contribution in [-0.2, 0) is 6.54 Å². The van der Waals surface area contributed by atoms with E-state index in [-0.39, 0.29) is 11.9 Å². The number of amides is 1. The number of benzene rings is 2. The summed E-state index contributed by atoms with van der Waals surface area (Å²) >= 11 is 0. The van der Waals surface area contributed by atoms with Gasteiger partial charge in [0.05, 0.1) is 20.3 Å². The highest BCUT2D eigenvalue weighted by Gasteiger charge is 2.18. The van der Waals surface area contributed by atoms with Gasteiger partial charge < -0.3 is 19.4 Å². The average Bonchev–Trinajstić information content (AvgIpc) is 3.16. The zero-order valence-corrected chi connectivity index (χ0v) is 16.7. The molecule has 28 heavy (non-hydrogen) atoms. The number of rotatable bonds is 7. The first-order valence-corrected chi connectivity index (χ1v) is 9.26. The summed E-state index contributed by atoms with van der Waals surface area (Å²) in [4.78, 5) is 12.9. The van der Waals surface area contributed by atoms with Gasteiger partial charge in [-0.1, -0.05) is 30.3 Å². The maximum atomic E-state index is 12.9. The van der Waals surface area contributed by atoms with Gasteiger partial charge in [-0.15, -0.1) is 0 Å². The van der Waals surface area contributed by atoms with E-state index in [0.717, 1.165) is 16.7 Å². The predicted molar refractivity (Wildman–Crippen MR) is 110 cm³/mol. The van der Waals surface area contributed by atoms with E-state index in [2.05, 4.69) is 17.4 Å². The Morgan fingerprint density at radius 1 is 1.04 bits per heavy atom. The summed E-state index contributed by atoms with van der Waals surface area (Å²) in [5.41, 5.74) is 3.81. The highest BCUT2D eigenvalue weighted by Crippen LogP contribution is 2.32. The minimum atomic E-state index is -0.174. The lowest BCUT2D eigenvalue weighted by molar-refractivity contribution is 0.0931. The molecule has 5 heteroatoms. The number of carbonyl (C=O) groups excluding carboxylic acids is 1. The van der Waals surface area contributed by atoms with Crippen molar-refractivity contribution in [2.45, 2.75) is 26.4 Å². The number of methoxy groups -OCH3 is 2. The van der Waals surface area contributed by atoms with Crippen LogP contribution in [0.15, 0.2) is 60.8 Å². The van der Waals surface area contributed by atoms with Crippen LogP contribution in [0.2, 0.25) is 0 Å². The zero-order chi connectivity index (χ0) is 20.1. The summed E-state index contributed by atoms with van der Waals surface area (Å²) in [5.74, 6) is 1.22. The van der Waals surface area contributed by atoms with Gasteiger partial charge in [-0.2, -0.15) is 0 Å². The van der Waals surface area contributed by atoms with Crippen molar-refractivity contribution in [2.75, 3.05) is 14.2 Å². The number of carbonyl (C=O) groups is 1.